The Morgan fingerprint density at radius 1 is 1.14 bits per heavy atom. The van der Waals surface area contributed by atoms with Gasteiger partial charge in [-0.3, -0.25) is 15.2 Å². The first-order valence-electron chi connectivity index (χ1n) is 13.7. The number of esters is 1. The third-order valence-corrected chi connectivity index (χ3v) is 7.33. The summed E-state index contributed by atoms with van der Waals surface area (Å²) in [6.07, 6.45) is -1.01. The van der Waals surface area contributed by atoms with Crippen molar-refractivity contribution in [2.75, 3.05) is 18.6 Å². The van der Waals surface area contributed by atoms with Gasteiger partial charge in [-0.05, 0) is 43.1 Å². The lowest BCUT2D eigenvalue weighted by molar-refractivity contribution is -0.205. The van der Waals surface area contributed by atoms with Gasteiger partial charge in [0.25, 0.3) is 5.91 Å². The maximum absolute atomic E-state index is 13.2. The number of halogens is 4. The molecule has 1 unspecified atom stereocenters. The summed E-state index contributed by atoms with van der Waals surface area (Å²) in [5.74, 6) is -2.39. The fourth-order valence-corrected chi connectivity index (χ4v) is 5.06. The SMILES string of the molecule is CN(CCC(OC(=O)C(F)(F)F)c1ccccc1)Cc1ccc(C(=O)NN(c2nc(C#N)ncc2Cl)C2CCCC2)cc1. The van der Waals surface area contributed by atoms with Gasteiger partial charge in [0, 0.05) is 25.1 Å². The standard InChI is InChI=1S/C30H30ClF3N6O3/c1-39(16-15-25(21-7-3-2-4-8-21)43-29(42)30(32,33)34)19-20-11-13-22(14-12-20)28(41)38-40(23-9-5-6-10-23)27-24(31)18-36-26(17-35)37-27/h2-4,7-8,11-14,18,23,25H,5-6,9-10,15-16,19H2,1H3,(H,38,41). The molecule has 0 aliphatic heterocycles. The first-order chi connectivity index (χ1) is 20.5. The molecule has 1 saturated carbocycles. The number of ether oxygens (including phenoxy) is 1. The van der Waals surface area contributed by atoms with Crippen LogP contribution in [-0.4, -0.2) is 52.6 Å². The van der Waals surface area contributed by atoms with Crippen LogP contribution in [0.2, 0.25) is 5.02 Å². The fourth-order valence-electron chi connectivity index (χ4n) is 4.88. The van der Waals surface area contributed by atoms with Crippen LogP contribution < -0.4 is 10.4 Å². The van der Waals surface area contributed by atoms with E-state index in [2.05, 4.69) is 15.4 Å². The number of aromatic nitrogens is 2. The van der Waals surface area contributed by atoms with E-state index in [-0.39, 0.29) is 35.0 Å². The largest absolute Gasteiger partial charge is 0.490 e. The third kappa shape index (κ3) is 8.65. The Hall–Kier alpha value is -4.21. The monoisotopic (exact) mass is 614 g/mol. The van der Waals surface area contributed by atoms with Crippen molar-refractivity contribution in [2.24, 2.45) is 0 Å². The van der Waals surface area contributed by atoms with E-state index in [1.807, 2.05) is 11.0 Å². The van der Waals surface area contributed by atoms with Crippen LogP contribution in [0, 0.1) is 11.3 Å². The summed E-state index contributed by atoms with van der Waals surface area (Å²) in [5, 5.41) is 11.1. The summed E-state index contributed by atoms with van der Waals surface area (Å²) >= 11 is 6.34. The molecule has 1 aromatic heterocycles. The summed E-state index contributed by atoms with van der Waals surface area (Å²) in [6, 6.07) is 17.1. The summed E-state index contributed by atoms with van der Waals surface area (Å²) in [5.41, 5.74) is 4.63. The van der Waals surface area contributed by atoms with Crippen LogP contribution in [0.3, 0.4) is 0 Å². The van der Waals surface area contributed by atoms with Crippen LogP contribution in [-0.2, 0) is 16.1 Å². The number of nitrogens with zero attached hydrogens (tertiary/aromatic N) is 5. The zero-order valence-electron chi connectivity index (χ0n) is 23.4. The molecule has 1 aliphatic carbocycles. The number of carbonyl (C=O) groups is 2. The van der Waals surface area contributed by atoms with E-state index < -0.39 is 18.2 Å². The maximum atomic E-state index is 13.2. The zero-order valence-corrected chi connectivity index (χ0v) is 24.1. The van der Waals surface area contributed by atoms with Crippen LogP contribution in [0.25, 0.3) is 0 Å². The van der Waals surface area contributed by atoms with Crippen LogP contribution in [0.5, 0.6) is 0 Å². The first kappa shape index (κ1) is 31.7. The average molecular weight is 615 g/mol. The molecular formula is C30H30ClF3N6O3. The molecule has 1 atom stereocenters. The van der Waals surface area contributed by atoms with Crippen LogP contribution in [0.4, 0.5) is 19.0 Å². The number of carbonyl (C=O) groups excluding carboxylic acids is 2. The van der Waals surface area contributed by atoms with Crippen molar-refractivity contribution in [1.82, 2.24) is 20.3 Å². The molecule has 4 rings (SSSR count). The van der Waals surface area contributed by atoms with Gasteiger partial charge < -0.3 is 9.64 Å². The van der Waals surface area contributed by atoms with Crippen molar-refractivity contribution < 1.29 is 27.5 Å². The molecule has 1 fully saturated rings. The highest BCUT2D eigenvalue weighted by atomic mass is 35.5. The molecule has 0 bridgehead atoms. The number of hydrazine groups is 1. The van der Waals surface area contributed by atoms with Crippen LogP contribution >= 0.6 is 11.6 Å². The number of anilines is 1. The summed E-state index contributed by atoms with van der Waals surface area (Å²) in [4.78, 5) is 34.7. The number of nitriles is 1. The maximum Gasteiger partial charge on any atom is 0.490 e. The Labute approximate surface area is 252 Å². The molecule has 1 N–H and O–H groups in total. The van der Waals surface area contributed by atoms with Crippen molar-refractivity contribution in [3.05, 3.63) is 88.3 Å². The number of benzene rings is 2. The smallest absolute Gasteiger partial charge is 0.451 e. The van der Waals surface area contributed by atoms with Crippen molar-refractivity contribution in [3.63, 3.8) is 0 Å². The van der Waals surface area contributed by atoms with Gasteiger partial charge in [-0.15, -0.1) is 0 Å². The Kier molecular flexibility index (Phi) is 10.6. The van der Waals surface area contributed by atoms with Crippen LogP contribution in [0.15, 0.2) is 60.8 Å². The number of rotatable bonds is 11. The summed E-state index contributed by atoms with van der Waals surface area (Å²) in [6.45, 7) is 0.784. The van der Waals surface area contributed by atoms with Crippen molar-refractivity contribution >= 4 is 29.3 Å². The zero-order chi connectivity index (χ0) is 31.0. The van der Waals surface area contributed by atoms with Crippen molar-refractivity contribution in [2.45, 2.75) is 57.0 Å². The van der Waals surface area contributed by atoms with Gasteiger partial charge in [-0.25, -0.2) is 9.78 Å². The quantitative estimate of drug-likeness (QED) is 0.214. The van der Waals surface area contributed by atoms with Crippen molar-refractivity contribution in [1.29, 1.82) is 5.26 Å². The predicted molar refractivity (Wildman–Crippen MR) is 153 cm³/mol. The predicted octanol–water partition coefficient (Wildman–Crippen LogP) is 5.76. The molecule has 9 nitrogen and oxygen atoms in total. The molecule has 0 spiro atoms. The molecule has 43 heavy (non-hydrogen) atoms. The first-order valence-corrected chi connectivity index (χ1v) is 14.1. The van der Waals surface area contributed by atoms with Gasteiger partial charge in [0.15, 0.2) is 5.82 Å². The minimum absolute atomic E-state index is 0.0362. The van der Waals surface area contributed by atoms with E-state index in [9.17, 15) is 28.0 Å². The number of alkyl halides is 3. The lowest BCUT2D eigenvalue weighted by Gasteiger charge is -2.30. The Morgan fingerprint density at radius 3 is 2.44 bits per heavy atom. The normalized spacial score (nSPS) is 14.3. The van der Waals surface area contributed by atoms with Gasteiger partial charge in [0.2, 0.25) is 5.82 Å². The summed E-state index contributed by atoms with van der Waals surface area (Å²) < 4.78 is 43.3. The van der Waals surface area contributed by atoms with Crippen LogP contribution in [0.1, 0.15) is 65.5 Å². The summed E-state index contributed by atoms with van der Waals surface area (Å²) in [7, 11) is 1.80. The Balaban J connectivity index is 1.38. The number of amides is 1. The second kappa shape index (κ2) is 14.3. The van der Waals surface area contributed by atoms with Crippen molar-refractivity contribution in [3.8, 4) is 6.07 Å². The molecule has 2 aromatic carbocycles. The van der Waals surface area contributed by atoms with E-state index in [0.717, 1.165) is 31.2 Å². The highest BCUT2D eigenvalue weighted by Gasteiger charge is 2.42. The lowest BCUT2D eigenvalue weighted by Crippen LogP contribution is -2.48. The Morgan fingerprint density at radius 2 is 1.81 bits per heavy atom. The highest BCUT2D eigenvalue weighted by molar-refractivity contribution is 6.32. The molecule has 1 amide bonds. The Bertz CT molecular complexity index is 1440. The van der Waals surface area contributed by atoms with E-state index in [1.165, 1.54) is 6.20 Å². The third-order valence-electron chi connectivity index (χ3n) is 7.06. The number of hydrogen-bond donors (Lipinski definition) is 1. The molecule has 13 heteroatoms. The minimum Gasteiger partial charge on any atom is -0.451 e. The topological polar surface area (TPSA) is 111 Å². The number of nitrogens with one attached hydrogen (secondary N) is 1. The number of hydrogen-bond acceptors (Lipinski definition) is 8. The van der Waals surface area contributed by atoms with E-state index in [0.29, 0.717) is 24.2 Å². The molecule has 226 valence electrons. The van der Waals surface area contributed by atoms with Gasteiger partial charge >= 0.3 is 12.1 Å². The molecule has 0 radical (unpaired) electrons. The molecule has 1 heterocycles. The van der Waals surface area contributed by atoms with E-state index >= 15 is 0 Å². The highest BCUT2D eigenvalue weighted by Crippen LogP contribution is 2.30. The second-order valence-corrected chi connectivity index (χ2v) is 10.7. The van der Waals surface area contributed by atoms with E-state index in [4.69, 9.17) is 16.3 Å². The lowest BCUT2D eigenvalue weighted by atomic mass is 10.1. The molecule has 0 saturated heterocycles. The van der Waals surface area contributed by atoms with Gasteiger partial charge in [-0.2, -0.15) is 23.4 Å². The average Bonchev–Trinajstić information content (AvgIpc) is 3.53. The molecule has 3 aromatic rings. The van der Waals surface area contributed by atoms with Gasteiger partial charge in [-0.1, -0.05) is 66.9 Å². The van der Waals surface area contributed by atoms with E-state index in [1.54, 1.807) is 66.7 Å². The van der Waals surface area contributed by atoms with Gasteiger partial charge in [0.1, 0.15) is 17.2 Å². The molecule has 1 aliphatic rings. The fraction of sp³-hybridized carbons (Fsp3) is 0.367. The minimum atomic E-state index is -5.08. The van der Waals surface area contributed by atoms with Gasteiger partial charge in [0.05, 0.1) is 12.2 Å². The second-order valence-electron chi connectivity index (χ2n) is 10.3. The molecular weight excluding hydrogens is 585 g/mol.